The van der Waals surface area contributed by atoms with Crippen molar-refractivity contribution in [2.45, 2.75) is 219 Å². The lowest BCUT2D eigenvalue weighted by Crippen LogP contribution is -2.28. The Bertz CT molecular complexity index is 899. The molecule has 0 bridgehead atoms. The largest absolute Gasteiger partial charge is 0.472 e. The third kappa shape index (κ3) is 37.4. The van der Waals surface area contributed by atoms with Crippen LogP contribution in [0.15, 0.2) is 12.2 Å². The number of carbonyl (C=O) groups excluding carboxylic acids is 2. The average Bonchev–Trinajstić information content (AvgIpc) is 3.14. The van der Waals surface area contributed by atoms with E-state index in [1.165, 1.54) is 116 Å². The number of esters is 2. The first-order valence-electron chi connectivity index (χ1n) is 21.6. The quantitative estimate of drug-likeness (QED) is 0.0237. The second-order valence-corrected chi connectivity index (χ2v) is 16.1. The number of hydrogen-bond donors (Lipinski definition) is 3. The van der Waals surface area contributed by atoms with Crippen molar-refractivity contribution in [1.29, 1.82) is 0 Å². The van der Waals surface area contributed by atoms with Gasteiger partial charge >= 0.3 is 19.8 Å². The molecule has 0 aliphatic carbocycles. The molecule has 0 radical (unpaired) electrons. The normalized spacial score (nSPS) is 14.0. The fourth-order valence-corrected chi connectivity index (χ4v) is 6.89. The molecule has 53 heavy (non-hydrogen) atoms. The van der Waals surface area contributed by atoms with Gasteiger partial charge in [-0.05, 0) is 38.5 Å². The zero-order valence-electron chi connectivity index (χ0n) is 34.0. The second-order valence-electron chi connectivity index (χ2n) is 14.7. The highest BCUT2D eigenvalue weighted by Crippen LogP contribution is 2.43. The lowest BCUT2D eigenvalue weighted by molar-refractivity contribution is -0.153. The van der Waals surface area contributed by atoms with Crippen molar-refractivity contribution in [2.75, 3.05) is 26.4 Å². The third-order valence-corrected chi connectivity index (χ3v) is 10.4. The molecule has 3 atom stereocenters. The minimum atomic E-state index is -4.63. The molecule has 0 aromatic heterocycles. The fraction of sp³-hybridized carbons (Fsp3) is 0.905. The number of aliphatic hydroxyl groups excluding tert-OH is 2. The highest BCUT2D eigenvalue weighted by Gasteiger charge is 2.27. The van der Waals surface area contributed by atoms with Crippen molar-refractivity contribution in [1.82, 2.24) is 0 Å². The van der Waals surface area contributed by atoms with Crippen molar-refractivity contribution in [3.8, 4) is 0 Å². The molecule has 0 aliphatic heterocycles. The number of allylic oxidation sites excluding steroid dienone is 2. The van der Waals surface area contributed by atoms with Crippen LogP contribution < -0.4 is 0 Å². The van der Waals surface area contributed by atoms with Crippen LogP contribution in [0.4, 0.5) is 0 Å². The maximum Gasteiger partial charge on any atom is 0.472 e. The predicted molar refractivity (Wildman–Crippen MR) is 215 cm³/mol. The molecule has 0 fully saturated rings. The summed E-state index contributed by atoms with van der Waals surface area (Å²) in [6.45, 7) is 2.22. The maximum atomic E-state index is 12.3. The van der Waals surface area contributed by atoms with Gasteiger partial charge in [-0.2, -0.15) is 0 Å². The van der Waals surface area contributed by atoms with Crippen molar-refractivity contribution < 1.29 is 47.8 Å². The Morgan fingerprint density at radius 2 is 0.774 bits per heavy atom. The van der Waals surface area contributed by atoms with Crippen LogP contribution in [0, 0.1) is 0 Å². The number of unbranched alkanes of at least 4 members (excludes halogenated alkanes) is 25. The van der Waals surface area contributed by atoms with Gasteiger partial charge in [-0.3, -0.25) is 18.6 Å². The molecular formula is C42H81O10P. The number of carbonyl (C=O) groups is 2. The van der Waals surface area contributed by atoms with Crippen LogP contribution in [0.5, 0.6) is 0 Å². The predicted octanol–water partition coefficient (Wildman–Crippen LogP) is 11.2. The molecule has 0 aromatic carbocycles. The number of phosphoric acid groups is 1. The van der Waals surface area contributed by atoms with Crippen LogP contribution in [-0.2, 0) is 32.7 Å². The minimum absolute atomic E-state index is 0.186. The van der Waals surface area contributed by atoms with Gasteiger partial charge < -0.3 is 24.6 Å². The summed E-state index contributed by atoms with van der Waals surface area (Å²) in [6, 6.07) is 0. The molecule has 0 saturated heterocycles. The van der Waals surface area contributed by atoms with Crippen LogP contribution in [0.1, 0.15) is 206 Å². The molecule has 0 saturated carbocycles. The molecule has 0 heterocycles. The van der Waals surface area contributed by atoms with Gasteiger partial charge in [0.25, 0.3) is 0 Å². The summed E-state index contributed by atoms with van der Waals surface area (Å²) in [5.41, 5.74) is 0. The van der Waals surface area contributed by atoms with E-state index in [9.17, 15) is 29.3 Å². The molecule has 0 aromatic rings. The standard InChI is InChI=1S/C42H81O10P/c1-3-5-7-9-11-13-15-17-19-20-22-24-26-28-30-32-34-42(46)52-40(36-44)38-50-53(47,48)49-37-39(35-43)51-41(45)33-31-29-27-25-23-21-18-16-14-12-10-8-6-4-2/h19-20,39-40,43-44H,3-18,21-38H2,1-2H3,(H,47,48)/b20-19-. The first-order valence-corrected chi connectivity index (χ1v) is 23.1. The zero-order chi connectivity index (χ0) is 39.1. The molecule has 314 valence electrons. The van der Waals surface area contributed by atoms with Crippen molar-refractivity contribution in [3.63, 3.8) is 0 Å². The first-order chi connectivity index (χ1) is 25.8. The summed E-state index contributed by atoms with van der Waals surface area (Å²) in [6.07, 6.45) is 36.1. The van der Waals surface area contributed by atoms with Crippen molar-refractivity contribution >= 4 is 19.8 Å². The Morgan fingerprint density at radius 3 is 1.08 bits per heavy atom. The Balaban J connectivity index is 3.92. The Hall–Kier alpha value is -1.29. The van der Waals surface area contributed by atoms with Crippen LogP contribution in [0.3, 0.4) is 0 Å². The summed E-state index contributed by atoms with van der Waals surface area (Å²) in [7, 11) is -4.63. The van der Waals surface area contributed by atoms with E-state index in [0.717, 1.165) is 51.4 Å². The molecule has 0 amide bonds. The number of hydrogen-bond acceptors (Lipinski definition) is 9. The van der Waals surface area contributed by atoms with Crippen molar-refractivity contribution in [3.05, 3.63) is 12.2 Å². The summed E-state index contributed by atoms with van der Waals surface area (Å²) in [5, 5.41) is 19.1. The monoisotopic (exact) mass is 777 g/mol. The Kier molecular flexibility index (Phi) is 38.0. The van der Waals surface area contributed by atoms with E-state index in [-0.39, 0.29) is 12.8 Å². The minimum Gasteiger partial charge on any atom is -0.457 e. The zero-order valence-corrected chi connectivity index (χ0v) is 34.9. The van der Waals surface area contributed by atoms with Gasteiger partial charge in [0.1, 0.15) is 12.2 Å². The van der Waals surface area contributed by atoms with Crippen LogP contribution in [0.25, 0.3) is 0 Å². The summed E-state index contributed by atoms with van der Waals surface area (Å²) in [4.78, 5) is 34.5. The summed E-state index contributed by atoms with van der Waals surface area (Å²) >= 11 is 0. The van der Waals surface area contributed by atoms with Gasteiger partial charge in [-0.15, -0.1) is 0 Å². The van der Waals surface area contributed by atoms with E-state index in [1.54, 1.807) is 0 Å². The molecule has 3 unspecified atom stereocenters. The second kappa shape index (κ2) is 39.0. The smallest absolute Gasteiger partial charge is 0.457 e. The molecule has 0 aliphatic rings. The summed E-state index contributed by atoms with van der Waals surface area (Å²) < 4.78 is 32.5. The van der Waals surface area contributed by atoms with Gasteiger partial charge in [-0.1, -0.05) is 167 Å². The SMILES string of the molecule is CCCCCCCCC/C=C\CCCCCCCC(=O)OC(CO)COP(=O)(O)OCC(CO)OC(=O)CCCCCCCCCCCCCCCC. The van der Waals surface area contributed by atoms with E-state index >= 15 is 0 Å². The fourth-order valence-electron chi connectivity index (χ4n) is 6.11. The Morgan fingerprint density at radius 1 is 0.491 bits per heavy atom. The lowest BCUT2D eigenvalue weighted by atomic mass is 10.0. The van der Waals surface area contributed by atoms with E-state index in [2.05, 4.69) is 26.0 Å². The summed E-state index contributed by atoms with van der Waals surface area (Å²) in [5.74, 6) is -1.02. The van der Waals surface area contributed by atoms with Gasteiger partial charge in [-0.25, -0.2) is 4.57 Å². The maximum absolute atomic E-state index is 12.3. The lowest BCUT2D eigenvalue weighted by Gasteiger charge is -2.20. The van der Waals surface area contributed by atoms with Crippen LogP contribution in [-0.4, -0.2) is 65.7 Å². The van der Waals surface area contributed by atoms with Crippen LogP contribution in [0.2, 0.25) is 0 Å². The molecule has 3 N–H and O–H groups in total. The van der Waals surface area contributed by atoms with E-state index < -0.39 is 58.4 Å². The number of ether oxygens (including phenoxy) is 2. The van der Waals surface area contributed by atoms with Crippen LogP contribution >= 0.6 is 7.82 Å². The highest BCUT2D eigenvalue weighted by atomic mass is 31.2. The molecule has 0 spiro atoms. The van der Waals surface area contributed by atoms with Gasteiger partial charge in [0.15, 0.2) is 0 Å². The van der Waals surface area contributed by atoms with Gasteiger partial charge in [0, 0.05) is 12.8 Å². The van der Waals surface area contributed by atoms with E-state index in [0.29, 0.717) is 12.8 Å². The highest BCUT2D eigenvalue weighted by molar-refractivity contribution is 7.47. The number of rotatable bonds is 41. The van der Waals surface area contributed by atoms with Gasteiger partial charge in [0.05, 0.1) is 26.4 Å². The Labute approximate surface area is 324 Å². The number of aliphatic hydroxyl groups is 2. The number of phosphoric ester groups is 1. The molecule has 0 rings (SSSR count). The van der Waals surface area contributed by atoms with Gasteiger partial charge in [0.2, 0.25) is 0 Å². The van der Waals surface area contributed by atoms with E-state index in [4.69, 9.17) is 18.5 Å². The van der Waals surface area contributed by atoms with E-state index in [1.807, 2.05) is 0 Å². The van der Waals surface area contributed by atoms with Crippen molar-refractivity contribution in [2.24, 2.45) is 0 Å². The average molecular weight is 777 g/mol. The molecule has 11 heteroatoms. The third-order valence-electron chi connectivity index (χ3n) is 9.48. The molecule has 10 nitrogen and oxygen atoms in total. The first kappa shape index (κ1) is 51.7. The topological polar surface area (TPSA) is 149 Å². The molecular weight excluding hydrogens is 695 g/mol.